The lowest BCUT2D eigenvalue weighted by molar-refractivity contribution is -0.140. The Kier molecular flexibility index (Phi) is 17.8. The predicted molar refractivity (Wildman–Crippen MR) is 272 cm³/mol. The van der Waals surface area contributed by atoms with Crippen molar-refractivity contribution in [3.63, 3.8) is 0 Å². The predicted octanol–water partition coefficient (Wildman–Crippen LogP) is 10.3. The maximum absolute atomic E-state index is 12.4. The van der Waals surface area contributed by atoms with E-state index < -0.39 is 25.2 Å². The zero-order valence-corrected chi connectivity index (χ0v) is 43.9. The Hall–Kier alpha value is -5.14. The first kappa shape index (κ1) is 54.2. The van der Waals surface area contributed by atoms with Crippen LogP contribution >= 0.6 is 0 Å². The van der Waals surface area contributed by atoms with Gasteiger partial charge in [-0.05, 0) is 88.4 Å². The van der Waals surface area contributed by atoms with E-state index in [0.717, 1.165) is 66.8 Å². The quantitative estimate of drug-likeness (QED) is 0.167. The minimum atomic E-state index is -1.08. The molecule has 0 fully saturated rings. The number of hydrogen-bond acceptors (Lipinski definition) is 10. The molecule has 0 aromatic heterocycles. The van der Waals surface area contributed by atoms with Gasteiger partial charge in [-0.15, -0.1) is 0 Å². The molecule has 0 atom stereocenters. The van der Waals surface area contributed by atoms with Crippen LogP contribution in [0.1, 0.15) is 150 Å². The molecule has 0 amide bonds. The number of carbonyl (C=O) groups is 2. The number of fused-ring (bicyclic) bond motifs is 2. The highest BCUT2D eigenvalue weighted by molar-refractivity contribution is 5.70. The molecule has 12 nitrogen and oxygen atoms in total. The first-order valence-electron chi connectivity index (χ1n) is 24.8. The van der Waals surface area contributed by atoms with Crippen molar-refractivity contribution in [1.82, 2.24) is 0 Å². The number of hydrogen-bond donors (Lipinski definition) is 2. The second-order valence-corrected chi connectivity index (χ2v) is 22.7. The number of carboxylic acids is 2. The zero-order valence-electron chi connectivity index (χ0n) is 43.9. The molecule has 70 heavy (non-hydrogen) atoms. The van der Waals surface area contributed by atoms with E-state index in [9.17, 15) is 19.8 Å². The molecule has 2 aliphatic rings. The molecule has 6 rings (SSSR count). The number of ether oxygens (including phenoxy) is 8. The van der Waals surface area contributed by atoms with E-state index in [1.54, 1.807) is 0 Å². The van der Waals surface area contributed by atoms with Crippen LogP contribution in [0.2, 0.25) is 0 Å². The second-order valence-electron chi connectivity index (χ2n) is 22.7. The van der Waals surface area contributed by atoms with Crippen molar-refractivity contribution in [1.29, 1.82) is 0 Å². The third-order valence-electron chi connectivity index (χ3n) is 12.7. The molecule has 0 radical (unpaired) electrons. The molecular weight excluding hydrogens is 889 g/mol. The average molecular weight is 967 g/mol. The van der Waals surface area contributed by atoms with Crippen LogP contribution in [0, 0.1) is 0 Å². The van der Waals surface area contributed by atoms with Crippen molar-refractivity contribution >= 4 is 11.9 Å². The number of aliphatic carboxylic acids is 2. The van der Waals surface area contributed by atoms with Crippen LogP contribution in [0.5, 0.6) is 23.0 Å². The van der Waals surface area contributed by atoms with Gasteiger partial charge in [0, 0.05) is 25.7 Å². The fourth-order valence-electron chi connectivity index (χ4n) is 8.80. The van der Waals surface area contributed by atoms with Crippen LogP contribution in [-0.4, -0.2) is 101 Å². The minimum absolute atomic E-state index is 0.233. The Morgan fingerprint density at radius 1 is 0.386 bits per heavy atom. The zero-order chi connectivity index (χ0) is 51.0. The highest BCUT2D eigenvalue weighted by Crippen LogP contribution is 2.44. The fourth-order valence-corrected chi connectivity index (χ4v) is 8.80. The first-order chi connectivity index (χ1) is 32.9. The van der Waals surface area contributed by atoms with E-state index in [1.807, 2.05) is 0 Å². The van der Waals surface area contributed by atoms with Gasteiger partial charge in [-0.25, -0.2) is 9.59 Å². The van der Waals surface area contributed by atoms with Crippen LogP contribution in [-0.2, 0) is 75.9 Å². The molecule has 1 heterocycles. The van der Waals surface area contributed by atoms with Crippen molar-refractivity contribution in [2.75, 3.05) is 79.3 Å². The Balaban J connectivity index is 1.76. The van der Waals surface area contributed by atoms with E-state index in [-0.39, 0.29) is 34.9 Å². The SMILES string of the molecule is CC(C)(C)c1cc2c3c(c1)Cc1cc(C(C)(C)C)cc(c1OCC(=O)O)Cc1cc(C(C)(C)C)cc(c1OCCOCCOCCOCCOCCO3)Cc1cc(C(C)(C)C)cc(c1OCC(=O)O)C2. The third kappa shape index (κ3) is 14.7. The molecule has 1 aliphatic heterocycles. The van der Waals surface area contributed by atoms with Gasteiger partial charge in [-0.3, -0.25) is 0 Å². The normalized spacial score (nSPS) is 16.1. The van der Waals surface area contributed by atoms with Gasteiger partial charge in [0.25, 0.3) is 0 Å². The van der Waals surface area contributed by atoms with Gasteiger partial charge in [-0.1, -0.05) is 132 Å². The molecule has 2 N–H and O–H groups in total. The van der Waals surface area contributed by atoms with E-state index in [4.69, 9.17) is 37.9 Å². The largest absolute Gasteiger partial charge is 0.491 e. The van der Waals surface area contributed by atoms with Crippen molar-refractivity contribution in [3.8, 4) is 23.0 Å². The number of carboxylic acid groups (broad SMARTS) is 2. The van der Waals surface area contributed by atoms with E-state index in [2.05, 4.69) is 132 Å². The smallest absolute Gasteiger partial charge is 0.341 e. The molecule has 0 unspecified atom stereocenters. The minimum Gasteiger partial charge on any atom is -0.491 e. The van der Waals surface area contributed by atoms with Crippen LogP contribution in [0.3, 0.4) is 0 Å². The highest BCUT2D eigenvalue weighted by Gasteiger charge is 2.30. The van der Waals surface area contributed by atoms with Gasteiger partial charge in [0.1, 0.15) is 36.2 Å². The van der Waals surface area contributed by atoms with Gasteiger partial charge >= 0.3 is 11.9 Å². The highest BCUT2D eigenvalue weighted by atomic mass is 16.6. The Labute approximate surface area is 416 Å². The summed E-state index contributed by atoms with van der Waals surface area (Å²) in [6, 6.07) is 17.4. The summed E-state index contributed by atoms with van der Waals surface area (Å²) in [5, 5.41) is 20.3. The van der Waals surface area contributed by atoms with Crippen LogP contribution in [0.4, 0.5) is 0 Å². The average Bonchev–Trinajstić information content (AvgIpc) is 3.24. The number of rotatable bonds is 6. The van der Waals surface area contributed by atoms with E-state index in [1.165, 1.54) is 0 Å². The molecule has 0 saturated heterocycles. The van der Waals surface area contributed by atoms with Gasteiger partial charge in [0.2, 0.25) is 0 Å². The standard InChI is InChI=1S/C58H78O12/c1-55(2,3)45-27-37-23-41-31-47(57(7,8)9)33-43(53(41)69-35-49(59)60)25-39-29-46(56(4,5)6)30-40-26-44-34-48(58(10,11)12)32-42(54(44)70-36-50(61)62)24-38(28-45)51(37)67-21-19-65-17-15-63-13-14-64-16-18-66-20-22-68-52(39)40/h27-34H,13-26,35-36H2,1-12H3,(H,59,60)(H,61,62). The number of benzene rings is 4. The Morgan fingerprint density at radius 3 is 0.814 bits per heavy atom. The summed E-state index contributed by atoms with van der Waals surface area (Å²) >= 11 is 0. The molecule has 4 aromatic carbocycles. The van der Waals surface area contributed by atoms with Crippen LogP contribution in [0.15, 0.2) is 48.5 Å². The van der Waals surface area contributed by atoms with Gasteiger partial charge in [0.15, 0.2) is 13.2 Å². The monoisotopic (exact) mass is 967 g/mol. The van der Waals surface area contributed by atoms with Gasteiger partial charge in [0.05, 0.1) is 52.9 Å². The molecule has 382 valence electrons. The first-order valence-corrected chi connectivity index (χ1v) is 24.8. The molecule has 0 spiro atoms. The summed E-state index contributed by atoms with van der Waals surface area (Å²) in [6.07, 6.45) is 1.38. The summed E-state index contributed by atoms with van der Waals surface area (Å²) in [6.45, 7) is 28.5. The molecule has 10 bridgehead atoms. The maximum Gasteiger partial charge on any atom is 0.341 e. The maximum atomic E-state index is 12.4. The lowest BCUT2D eigenvalue weighted by atomic mass is 9.79. The van der Waals surface area contributed by atoms with Crippen molar-refractivity contribution in [2.24, 2.45) is 0 Å². The molecule has 12 heteroatoms. The summed E-state index contributed by atoms with van der Waals surface area (Å²) in [5.41, 5.74) is 9.95. The lowest BCUT2D eigenvalue weighted by Gasteiger charge is -2.29. The summed E-state index contributed by atoms with van der Waals surface area (Å²) in [4.78, 5) is 24.8. The van der Waals surface area contributed by atoms with Crippen molar-refractivity contribution in [3.05, 3.63) is 115 Å². The van der Waals surface area contributed by atoms with Gasteiger partial charge < -0.3 is 48.1 Å². The van der Waals surface area contributed by atoms with Crippen LogP contribution < -0.4 is 18.9 Å². The molecule has 4 aromatic rings. The third-order valence-corrected chi connectivity index (χ3v) is 12.7. The van der Waals surface area contributed by atoms with Gasteiger partial charge in [-0.2, -0.15) is 0 Å². The molecule has 0 saturated carbocycles. The second kappa shape index (κ2) is 22.9. The van der Waals surface area contributed by atoms with Crippen molar-refractivity contribution in [2.45, 2.75) is 130 Å². The molecule has 1 aliphatic carbocycles. The van der Waals surface area contributed by atoms with E-state index in [0.29, 0.717) is 102 Å². The Morgan fingerprint density at radius 2 is 0.600 bits per heavy atom. The van der Waals surface area contributed by atoms with Crippen molar-refractivity contribution < 1.29 is 57.7 Å². The summed E-state index contributed by atoms with van der Waals surface area (Å²) < 4.78 is 50.4. The lowest BCUT2D eigenvalue weighted by Crippen LogP contribution is -2.19. The Bertz CT molecular complexity index is 2190. The topological polar surface area (TPSA) is 148 Å². The fraction of sp³-hybridized carbons (Fsp3) is 0.552. The van der Waals surface area contributed by atoms with Crippen LogP contribution in [0.25, 0.3) is 0 Å². The molecular formula is C58H78O12. The summed E-state index contributed by atoms with van der Waals surface area (Å²) in [7, 11) is 0. The van der Waals surface area contributed by atoms with E-state index >= 15 is 0 Å². The summed E-state index contributed by atoms with van der Waals surface area (Å²) in [5.74, 6) is 0.184.